The fraction of sp³-hybridized carbons (Fsp3) is 0.444. The van der Waals surface area contributed by atoms with E-state index in [4.69, 9.17) is 37.4 Å². The molecular formula is C36H38Cl2N2O5. The van der Waals surface area contributed by atoms with Gasteiger partial charge in [0.05, 0.1) is 41.1 Å². The minimum absolute atomic E-state index is 0.0185. The highest BCUT2D eigenvalue weighted by atomic mass is 35.5. The zero-order chi connectivity index (χ0) is 31.5. The van der Waals surface area contributed by atoms with Crippen LogP contribution in [0.3, 0.4) is 0 Å². The van der Waals surface area contributed by atoms with E-state index in [1.54, 1.807) is 19.2 Å². The van der Waals surface area contributed by atoms with Gasteiger partial charge in [0.15, 0.2) is 11.5 Å². The number of halogens is 2. The molecule has 2 heterocycles. The molecule has 1 saturated carbocycles. The maximum Gasteiger partial charge on any atom is 0.303 e. The molecule has 1 saturated heterocycles. The lowest BCUT2D eigenvalue weighted by Gasteiger charge is -2.65. The topological polar surface area (TPSA) is 68.3 Å². The van der Waals surface area contributed by atoms with Crippen LogP contribution in [0, 0.1) is 0 Å². The Morgan fingerprint density at radius 3 is 2.58 bits per heavy atom. The van der Waals surface area contributed by atoms with Gasteiger partial charge in [0.25, 0.3) is 0 Å². The van der Waals surface area contributed by atoms with E-state index in [-0.39, 0.29) is 30.4 Å². The molecular weight excluding hydrogens is 611 g/mol. The van der Waals surface area contributed by atoms with Crippen LogP contribution in [0.25, 0.3) is 0 Å². The van der Waals surface area contributed by atoms with Crippen LogP contribution < -0.4 is 9.47 Å². The minimum atomic E-state index is -0.798. The second-order valence-electron chi connectivity index (χ2n) is 12.9. The SMILES string of the molecule is COc1ccc2c3c1O[C@H]1[C@H](N(C)C(=O)Cc4ccc(Cl)c(Cl)c4)CC[C@@]4(OC(C)=O)[C@@H](C2)N(CCc2ccccc2)CC[C@]314. The first-order chi connectivity index (χ1) is 21.7. The van der Waals surface area contributed by atoms with Crippen molar-refractivity contribution in [1.29, 1.82) is 0 Å². The van der Waals surface area contributed by atoms with E-state index in [2.05, 4.69) is 35.2 Å². The van der Waals surface area contributed by atoms with Crippen molar-refractivity contribution in [2.75, 3.05) is 27.2 Å². The van der Waals surface area contributed by atoms with Crippen LogP contribution in [-0.2, 0) is 39.0 Å². The average Bonchev–Trinajstić information content (AvgIpc) is 3.37. The summed E-state index contributed by atoms with van der Waals surface area (Å²) in [6.07, 6.45) is 3.46. The van der Waals surface area contributed by atoms with Gasteiger partial charge in [0.1, 0.15) is 11.7 Å². The van der Waals surface area contributed by atoms with E-state index in [1.807, 2.05) is 30.1 Å². The monoisotopic (exact) mass is 648 g/mol. The number of benzene rings is 3. The van der Waals surface area contributed by atoms with Gasteiger partial charge >= 0.3 is 5.97 Å². The molecule has 236 valence electrons. The van der Waals surface area contributed by atoms with Gasteiger partial charge in [-0.1, -0.05) is 65.7 Å². The van der Waals surface area contributed by atoms with Crippen LogP contribution in [0.2, 0.25) is 10.0 Å². The summed E-state index contributed by atoms with van der Waals surface area (Å²) < 4.78 is 19.4. The number of rotatable bonds is 8. The number of hydrogen-bond donors (Lipinski definition) is 0. The predicted molar refractivity (Wildman–Crippen MR) is 173 cm³/mol. The van der Waals surface area contributed by atoms with E-state index >= 15 is 0 Å². The predicted octanol–water partition coefficient (Wildman–Crippen LogP) is 6.04. The Bertz CT molecular complexity index is 1650. The van der Waals surface area contributed by atoms with Crippen molar-refractivity contribution >= 4 is 35.1 Å². The summed E-state index contributed by atoms with van der Waals surface area (Å²) in [5.41, 5.74) is 2.97. The fourth-order valence-electron chi connectivity index (χ4n) is 8.91. The highest BCUT2D eigenvalue weighted by Crippen LogP contribution is 2.67. The molecule has 45 heavy (non-hydrogen) atoms. The van der Waals surface area contributed by atoms with Gasteiger partial charge in [-0.15, -0.1) is 0 Å². The first kappa shape index (κ1) is 30.4. The highest BCUT2D eigenvalue weighted by Gasteiger charge is 2.75. The first-order valence-corrected chi connectivity index (χ1v) is 16.5. The zero-order valence-electron chi connectivity index (χ0n) is 25.9. The molecule has 1 amide bonds. The lowest BCUT2D eigenvalue weighted by atomic mass is 9.48. The van der Waals surface area contributed by atoms with Crippen LogP contribution in [0.4, 0.5) is 0 Å². The van der Waals surface area contributed by atoms with E-state index in [1.165, 1.54) is 18.1 Å². The number of hydrogen-bond acceptors (Lipinski definition) is 6. The van der Waals surface area contributed by atoms with E-state index in [0.29, 0.717) is 28.6 Å². The molecule has 2 bridgehead atoms. The Labute approximate surface area is 274 Å². The van der Waals surface area contributed by atoms with Gasteiger partial charge in [-0.25, -0.2) is 0 Å². The Kier molecular flexibility index (Phi) is 7.78. The molecule has 0 unspecified atom stereocenters. The lowest BCUT2D eigenvalue weighted by molar-refractivity contribution is -0.223. The molecule has 2 fully saturated rings. The molecule has 5 atom stereocenters. The van der Waals surface area contributed by atoms with E-state index < -0.39 is 17.1 Å². The molecule has 7 rings (SSSR count). The average molecular weight is 650 g/mol. The second kappa shape index (κ2) is 11.5. The van der Waals surface area contributed by atoms with Gasteiger partial charge in [0.2, 0.25) is 5.91 Å². The van der Waals surface area contributed by atoms with Crippen LogP contribution in [0.1, 0.15) is 48.4 Å². The van der Waals surface area contributed by atoms with Crippen molar-refractivity contribution in [2.45, 2.75) is 74.7 Å². The largest absolute Gasteiger partial charge is 0.493 e. The normalized spacial score (nSPS) is 27.7. The molecule has 2 aliphatic heterocycles. The van der Waals surface area contributed by atoms with Crippen LogP contribution in [0.5, 0.6) is 11.5 Å². The van der Waals surface area contributed by atoms with Gasteiger partial charge in [-0.05, 0) is 73.5 Å². The van der Waals surface area contributed by atoms with Crippen molar-refractivity contribution in [3.63, 3.8) is 0 Å². The summed E-state index contributed by atoms with van der Waals surface area (Å²) >= 11 is 12.4. The van der Waals surface area contributed by atoms with Gasteiger partial charge in [0, 0.05) is 26.1 Å². The molecule has 0 radical (unpaired) electrons. The first-order valence-electron chi connectivity index (χ1n) is 15.7. The molecule has 7 nitrogen and oxygen atoms in total. The highest BCUT2D eigenvalue weighted by molar-refractivity contribution is 6.42. The molecule has 9 heteroatoms. The van der Waals surface area contributed by atoms with Crippen LogP contribution in [0.15, 0.2) is 60.7 Å². The van der Waals surface area contributed by atoms with Gasteiger partial charge < -0.3 is 19.1 Å². The lowest BCUT2D eigenvalue weighted by Crippen LogP contribution is -2.79. The van der Waals surface area contributed by atoms with Crippen LogP contribution in [-0.4, -0.2) is 72.7 Å². The fourth-order valence-corrected chi connectivity index (χ4v) is 9.23. The van der Waals surface area contributed by atoms with Crippen molar-refractivity contribution in [2.24, 2.45) is 0 Å². The molecule has 3 aromatic carbocycles. The molecule has 3 aromatic rings. The Morgan fingerprint density at radius 2 is 1.84 bits per heavy atom. The van der Waals surface area contributed by atoms with E-state index in [0.717, 1.165) is 49.2 Å². The summed E-state index contributed by atoms with van der Waals surface area (Å²) in [5.74, 6) is 1.08. The molecule has 2 aliphatic carbocycles. The summed E-state index contributed by atoms with van der Waals surface area (Å²) in [6.45, 7) is 3.22. The molecule has 4 aliphatic rings. The Balaban J connectivity index is 1.28. The molecule has 1 spiro atoms. The third kappa shape index (κ3) is 4.73. The zero-order valence-corrected chi connectivity index (χ0v) is 27.4. The summed E-state index contributed by atoms with van der Waals surface area (Å²) in [4.78, 5) is 31.2. The van der Waals surface area contributed by atoms with Crippen molar-refractivity contribution in [1.82, 2.24) is 9.80 Å². The number of likely N-dealkylation sites (tertiary alicyclic amines) is 1. The Hall–Kier alpha value is -3.26. The minimum Gasteiger partial charge on any atom is -0.493 e. The van der Waals surface area contributed by atoms with Gasteiger partial charge in [-0.3, -0.25) is 14.5 Å². The number of nitrogens with zero attached hydrogens (tertiary/aromatic N) is 2. The standard InChI is InChI=1S/C36H38Cl2N2O5/c1-22(41)45-36-15-13-28(39(2)31(42)20-24-9-11-26(37)27(38)19-24)34-35(36)16-18-40(17-14-23-7-5-4-6-8-23)30(36)21-25-10-12-29(43-3)33(44-34)32(25)35/h4-12,19,28,30,34H,13-18,20-21H2,1-3H3/t28-,30-,34+,35+,36-/m1/s1. The number of piperidine rings is 1. The third-order valence-electron chi connectivity index (χ3n) is 10.8. The number of carbonyl (C=O) groups excluding carboxylic acids is 2. The number of carbonyl (C=O) groups is 2. The van der Waals surface area contributed by atoms with Crippen molar-refractivity contribution in [3.8, 4) is 11.5 Å². The van der Waals surface area contributed by atoms with Crippen LogP contribution >= 0.6 is 23.2 Å². The summed E-state index contributed by atoms with van der Waals surface area (Å²) in [6, 6.07) is 19.7. The van der Waals surface area contributed by atoms with Gasteiger partial charge in [-0.2, -0.15) is 0 Å². The maximum atomic E-state index is 13.8. The maximum absolute atomic E-state index is 13.8. The van der Waals surface area contributed by atoms with Crippen molar-refractivity contribution < 1.29 is 23.8 Å². The number of methoxy groups -OCH3 is 1. The number of ether oxygens (including phenoxy) is 3. The number of amides is 1. The smallest absolute Gasteiger partial charge is 0.303 e. The third-order valence-corrected chi connectivity index (χ3v) is 11.5. The second-order valence-corrected chi connectivity index (χ2v) is 13.7. The molecule has 0 aromatic heterocycles. The quantitative estimate of drug-likeness (QED) is 0.278. The summed E-state index contributed by atoms with van der Waals surface area (Å²) in [5, 5.41) is 0.882. The Morgan fingerprint density at radius 1 is 1.04 bits per heavy atom. The molecule has 0 N–H and O–H groups in total. The number of likely N-dealkylation sites (N-methyl/N-ethyl adjacent to an activating group) is 1. The van der Waals surface area contributed by atoms with Crippen molar-refractivity contribution in [3.05, 3.63) is 93.0 Å². The summed E-state index contributed by atoms with van der Waals surface area (Å²) in [7, 11) is 3.52. The number of esters is 1. The van der Waals surface area contributed by atoms with E-state index in [9.17, 15) is 9.59 Å².